The number of aliphatic carboxylic acids is 1. The Balaban J connectivity index is 3.14. The van der Waals surface area contributed by atoms with Crippen molar-refractivity contribution in [3.63, 3.8) is 0 Å². The van der Waals surface area contributed by atoms with Crippen molar-refractivity contribution in [1.82, 2.24) is 14.1 Å². The molecule has 0 aliphatic carbocycles. The minimum Gasteiger partial charge on any atom is -0.480 e. The maximum Gasteiger partial charge on any atom is 0.318 e. The van der Waals surface area contributed by atoms with Crippen molar-refractivity contribution in [1.29, 1.82) is 0 Å². The third-order valence-electron chi connectivity index (χ3n) is 1.96. The van der Waals surface area contributed by atoms with Crippen LogP contribution in [0.15, 0.2) is 17.3 Å². The van der Waals surface area contributed by atoms with E-state index < -0.39 is 22.5 Å². The molecule has 0 saturated heterocycles. The highest BCUT2D eigenvalue weighted by molar-refractivity contribution is 7.89. The predicted molar refractivity (Wildman–Crippen MR) is 58.4 cm³/mol. The number of carbonyl (C=O) groups is 1. The van der Waals surface area contributed by atoms with Crippen molar-refractivity contribution in [2.75, 3.05) is 13.1 Å². The largest absolute Gasteiger partial charge is 0.480 e. The molecule has 0 aromatic carbocycles. The third-order valence-corrected chi connectivity index (χ3v) is 3.83. The molecule has 0 atom stereocenters. The topological polar surface area (TPSA) is 92.5 Å². The number of aromatic nitrogens is 2. The van der Waals surface area contributed by atoms with Gasteiger partial charge in [0.25, 0.3) is 10.0 Å². The van der Waals surface area contributed by atoms with E-state index in [-0.39, 0.29) is 11.6 Å². The summed E-state index contributed by atoms with van der Waals surface area (Å²) in [5.74, 6) is 0.842. The predicted octanol–water partition coefficient (Wildman–Crippen LogP) is -0.871. The van der Waals surface area contributed by atoms with Crippen LogP contribution < -0.4 is 0 Å². The Morgan fingerprint density at radius 2 is 2.35 bits per heavy atom. The van der Waals surface area contributed by atoms with Crippen LogP contribution in [0.1, 0.15) is 0 Å². The van der Waals surface area contributed by atoms with Gasteiger partial charge >= 0.3 is 5.97 Å². The van der Waals surface area contributed by atoms with Gasteiger partial charge in [-0.25, -0.2) is 8.42 Å². The number of terminal acetylenes is 1. The Hall–Kier alpha value is -1.85. The van der Waals surface area contributed by atoms with Gasteiger partial charge in [-0.15, -0.1) is 6.42 Å². The van der Waals surface area contributed by atoms with Gasteiger partial charge in [-0.3, -0.25) is 9.48 Å². The van der Waals surface area contributed by atoms with Crippen molar-refractivity contribution in [3.8, 4) is 12.3 Å². The summed E-state index contributed by atoms with van der Waals surface area (Å²) in [5, 5.41) is 12.3. The highest BCUT2D eigenvalue weighted by Gasteiger charge is 2.28. The number of carboxylic acids is 1. The van der Waals surface area contributed by atoms with Crippen LogP contribution in [0.2, 0.25) is 0 Å². The van der Waals surface area contributed by atoms with Gasteiger partial charge in [0.05, 0.1) is 12.7 Å². The van der Waals surface area contributed by atoms with E-state index in [2.05, 4.69) is 11.0 Å². The van der Waals surface area contributed by atoms with Gasteiger partial charge in [-0.1, -0.05) is 5.92 Å². The summed E-state index contributed by atoms with van der Waals surface area (Å²) in [6, 6.07) is 1.28. The van der Waals surface area contributed by atoms with E-state index in [0.717, 1.165) is 4.68 Å². The first-order valence-corrected chi connectivity index (χ1v) is 5.97. The summed E-state index contributed by atoms with van der Waals surface area (Å²) >= 11 is 0. The lowest BCUT2D eigenvalue weighted by molar-refractivity contribution is -0.137. The Labute approximate surface area is 98.7 Å². The summed E-state index contributed by atoms with van der Waals surface area (Å²) in [4.78, 5) is 10.6. The van der Waals surface area contributed by atoms with E-state index in [1.807, 2.05) is 0 Å². The zero-order valence-corrected chi connectivity index (χ0v) is 9.88. The molecular weight excluding hydrogens is 246 g/mol. The van der Waals surface area contributed by atoms with Gasteiger partial charge in [-0.05, 0) is 6.07 Å². The smallest absolute Gasteiger partial charge is 0.318 e. The van der Waals surface area contributed by atoms with Gasteiger partial charge in [0.2, 0.25) is 0 Å². The number of rotatable bonds is 5. The molecule has 0 radical (unpaired) electrons. The first kappa shape index (κ1) is 13.2. The molecular formula is C9H11N3O4S. The van der Waals surface area contributed by atoms with E-state index in [1.165, 1.54) is 19.3 Å². The molecule has 1 heterocycles. The molecule has 7 nitrogen and oxygen atoms in total. The van der Waals surface area contributed by atoms with E-state index >= 15 is 0 Å². The van der Waals surface area contributed by atoms with E-state index in [0.29, 0.717) is 4.31 Å². The molecule has 0 bridgehead atoms. The molecule has 0 unspecified atom stereocenters. The molecule has 0 aliphatic heterocycles. The fraction of sp³-hybridized carbons (Fsp3) is 0.333. The minimum absolute atomic E-state index is 0.103. The second kappa shape index (κ2) is 4.99. The fourth-order valence-corrected chi connectivity index (χ4v) is 2.63. The lowest BCUT2D eigenvalue weighted by Crippen LogP contribution is -2.36. The molecule has 1 rings (SSSR count). The van der Waals surface area contributed by atoms with Crippen LogP contribution in [-0.2, 0) is 21.9 Å². The second-order valence-corrected chi connectivity index (χ2v) is 5.05. The summed E-state index contributed by atoms with van der Waals surface area (Å²) in [5.41, 5.74) is 0. The molecule has 92 valence electrons. The average molecular weight is 257 g/mol. The lowest BCUT2D eigenvalue weighted by atomic mass is 10.6. The molecule has 0 fully saturated rings. The van der Waals surface area contributed by atoms with Gasteiger partial charge in [0, 0.05) is 7.05 Å². The summed E-state index contributed by atoms with van der Waals surface area (Å²) in [6.07, 6.45) is 6.33. The van der Waals surface area contributed by atoms with Gasteiger partial charge in [-0.2, -0.15) is 9.40 Å². The average Bonchev–Trinajstić information content (AvgIpc) is 2.63. The Morgan fingerprint density at radius 3 is 2.76 bits per heavy atom. The molecule has 1 aromatic rings. The highest BCUT2D eigenvalue weighted by atomic mass is 32.2. The van der Waals surface area contributed by atoms with Crippen LogP contribution in [0.5, 0.6) is 0 Å². The van der Waals surface area contributed by atoms with Crippen molar-refractivity contribution >= 4 is 16.0 Å². The van der Waals surface area contributed by atoms with Gasteiger partial charge < -0.3 is 5.11 Å². The Kier molecular flexibility index (Phi) is 3.88. The maximum absolute atomic E-state index is 12.0. The lowest BCUT2D eigenvalue weighted by Gasteiger charge is -2.17. The van der Waals surface area contributed by atoms with Crippen molar-refractivity contribution in [2.45, 2.75) is 5.03 Å². The standard InChI is InChI=1S/C9H11N3O4S/c1-3-6-12(7-9(13)14)17(15,16)8-4-5-10-11(8)2/h1,4-5H,6-7H2,2H3,(H,13,14). The molecule has 0 amide bonds. The van der Waals surface area contributed by atoms with Crippen molar-refractivity contribution in [3.05, 3.63) is 12.3 Å². The Morgan fingerprint density at radius 1 is 1.71 bits per heavy atom. The van der Waals surface area contributed by atoms with Crippen LogP contribution in [0.4, 0.5) is 0 Å². The Bertz CT molecular complexity index is 555. The molecule has 0 saturated carbocycles. The zero-order chi connectivity index (χ0) is 13.1. The maximum atomic E-state index is 12.0. The number of nitrogens with zero attached hydrogens (tertiary/aromatic N) is 3. The number of carboxylic acid groups (broad SMARTS) is 1. The summed E-state index contributed by atoms with van der Waals surface area (Å²) in [6.45, 7) is -0.989. The second-order valence-electron chi connectivity index (χ2n) is 3.16. The molecule has 0 spiro atoms. The number of sulfonamides is 1. The van der Waals surface area contributed by atoms with Crippen LogP contribution in [-0.4, -0.2) is 46.7 Å². The van der Waals surface area contributed by atoms with Crippen LogP contribution in [0.25, 0.3) is 0 Å². The van der Waals surface area contributed by atoms with Crippen LogP contribution in [0, 0.1) is 12.3 Å². The number of hydrogen-bond acceptors (Lipinski definition) is 4. The quantitative estimate of drug-likeness (QED) is 0.692. The van der Waals surface area contributed by atoms with E-state index in [1.54, 1.807) is 0 Å². The third kappa shape index (κ3) is 2.83. The normalized spacial score (nSPS) is 11.4. The van der Waals surface area contributed by atoms with Gasteiger partial charge in [0.1, 0.15) is 6.54 Å². The number of hydrogen-bond donors (Lipinski definition) is 1. The molecule has 8 heteroatoms. The van der Waals surface area contributed by atoms with Crippen LogP contribution >= 0.6 is 0 Å². The fourth-order valence-electron chi connectivity index (χ4n) is 1.23. The molecule has 0 aliphatic rings. The monoisotopic (exact) mass is 257 g/mol. The highest BCUT2D eigenvalue weighted by Crippen LogP contribution is 2.13. The minimum atomic E-state index is -3.94. The van der Waals surface area contributed by atoms with Crippen molar-refractivity contribution < 1.29 is 18.3 Å². The van der Waals surface area contributed by atoms with E-state index in [4.69, 9.17) is 11.5 Å². The van der Waals surface area contributed by atoms with Crippen LogP contribution in [0.3, 0.4) is 0 Å². The number of aryl methyl sites for hydroxylation is 1. The SMILES string of the molecule is C#CCN(CC(=O)O)S(=O)(=O)c1ccnn1C. The first-order chi connectivity index (χ1) is 7.89. The van der Waals surface area contributed by atoms with Gasteiger partial charge in [0.15, 0.2) is 5.03 Å². The summed E-state index contributed by atoms with van der Waals surface area (Å²) < 4.78 is 25.9. The molecule has 17 heavy (non-hydrogen) atoms. The molecule has 1 aromatic heterocycles. The zero-order valence-electron chi connectivity index (χ0n) is 9.07. The molecule has 1 N–H and O–H groups in total. The van der Waals surface area contributed by atoms with Crippen molar-refractivity contribution in [2.24, 2.45) is 7.05 Å². The first-order valence-electron chi connectivity index (χ1n) is 4.53. The van der Waals surface area contributed by atoms with E-state index in [9.17, 15) is 13.2 Å². The summed E-state index contributed by atoms with van der Waals surface area (Å²) in [7, 11) is -2.49.